The van der Waals surface area contributed by atoms with Gasteiger partial charge in [0.15, 0.2) is 0 Å². The van der Waals surface area contributed by atoms with Gasteiger partial charge < -0.3 is 4.74 Å². The fourth-order valence-corrected chi connectivity index (χ4v) is 2.23. The highest BCUT2D eigenvalue weighted by molar-refractivity contribution is 5.76. The number of Topliss-reactive ketones (excluding diaryl/α,β-unsaturated/α-hetero) is 1. The van der Waals surface area contributed by atoms with Crippen molar-refractivity contribution in [2.45, 2.75) is 51.6 Å². The van der Waals surface area contributed by atoms with Crippen molar-refractivity contribution in [3.05, 3.63) is 0 Å². The molecule has 0 amide bonds. The van der Waals surface area contributed by atoms with Gasteiger partial charge in [0, 0.05) is 13.5 Å². The summed E-state index contributed by atoms with van der Waals surface area (Å²) in [6.07, 6.45) is 7.23. The zero-order valence-corrected chi connectivity index (χ0v) is 8.71. The SMILES string of the molecule is COC(CC(C)=O)C1CCCCC1. The molecule has 0 aliphatic heterocycles. The van der Waals surface area contributed by atoms with E-state index in [0.717, 1.165) is 0 Å². The molecule has 2 heteroatoms. The Balaban J connectivity index is 2.39. The molecule has 0 saturated heterocycles. The number of hydrogen-bond donors (Lipinski definition) is 0. The summed E-state index contributed by atoms with van der Waals surface area (Å²) in [4.78, 5) is 11.0. The highest BCUT2D eigenvalue weighted by Gasteiger charge is 2.24. The van der Waals surface area contributed by atoms with Gasteiger partial charge in [-0.15, -0.1) is 0 Å². The first-order valence-electron chi connectivity index (χ1n) is 5.26. The lowest BCUT2D eigenvalue weighted by atomic mass is 9.83. The highest BCUT2D eigenvalue weighted by Crippen LogP contribution is 2.29. The third kappa shape index (κ3) is 3.47. The van der Waals surface area contributed by atoms with Crippen LogP contribution in [0.1, 0.15) is 45.4 Å². The minimum atomic E-state index is 0.179. The van der Waals surface area contributed by atoms with Crippen LogP contribution >= 0.6 is 0 Å². The van der Waals surface area contributed by atoms with Crippen LogP contribution in [0.25, 0.3) is 0 Å². The fourth-order valence-electron chi connectivity index (χ4n) is 2.23. The maximum atomic E-state index is 11.0. The number of methoxy groups -OCH3 is 1. The van der Waals surface area contributed by atoms with Crippen molar-refractivity contribution in [2.24, 2.45) is 5.92 Å². The Morgan fingerprint density at radius 2 is 2.00 bits per heavy atom. The van der Waals surface area contributed by atoms with Gasteiger partial charge in [0.1, 0.15) is 5.78 Å². The lowest BCUT2D eigenvalue weighted by molar-refractivity contribution is -0.120. The Bertz CT molecular complexity index is 159. The molecule has 76 valence electrons. The molecule has 0 bridgehead atoms. The number of rotatable bonds is 4. The first-order chi connectivity index (χ1) is 6.24. The van der Waals surface area contributed by atoms with E-state index in [9.17, 15) is 4.79 Å². The molecule has 0 spiro atoms. The van der Waals surface area contributed by atoms with Crippen LogP contribution in [0.15, 0.2) is 0 Å². The third-order valence-electron chi connectivity index (χ3n) is 2.97. The minimum Gasteiger partial charge on any atom is -0.381 e. The van der Waals surface area contributed by atoms with Crippen LogP contribution in [0.3, 0.4) is 0 Å². The number of carbonyl (C=O) groups is 1. The standard InChI is InChI=1S/C11H20O2/c1-9(12)8-11(13-2)10-6-4-3-5-7-10/h10-11H,3-8H2,1-2H3. The molecule has 2 nitrogen and oxygen atoms in total. The number of hydrogen-bond acceptors (Lipinski definition) is 2. The normalized spacial score (nSPS) is 21.4. The second-order valence-corrected chi connectivity index (χ2v) is 4.08. The minimum absolute atomic E-state index is 0.179. The summed E-state index contributed by atoms with van der Waals surface area (Å²) >= 11 is 0. The van der Waals surface area contributed by atoms with E-state index in [1.165, 1.54) is 32.1 Å². The molecular formula is C11H20O2. The summed E-state index contributed by atoms with van der Waals surface area (Å²) in [7, 11) is 1.72. The molecule has 0 aromatic carbocycles. The first-order valence-corrected chi connectivity index (χ1v) is 5.26. The second kappa shape index (κ2) is 5.38. The molecule has 0 heterocycles. The van der Waals surface area contributed by atoms with Gasteiger partial charge >= 0.3 is 0 Å². The predicted molar refractivity (Wildman–Crippen MR) is 52.7 cm³/mol. The maximum Gasteiger partial charge on any atom is 0.132 e. The number of ether oxygens (including phenoxy) is 1. The molecular weight excluding hydrogens is 164 g/mol. The van der Waals surface area contributed by atoms with E-state index >= 15 is 0 Å². The highest BCUT2D eigenvalue weighted by atomic mass is 16.5. The van der Waals surface area contributed by atoms with Gasteiger partial charge in [-0.2, -0.15) is 0 Å². The fraction of sp³-hybridized carbons (Fsp3) is 0.909. The average Bonchev–Trinajstić information content (AvgIpc) is 2.15. The van der Waals surface area contributed by atoms with Crippen molar-refractivity contribution >= 4 is 5.78 Å². The summed E-state index contributed by atoms with van der Waals surface area (Å²) in [5, 5.41) is 0. The molecule has 1 rings (SSSR count). The molecule has 1 aliphatic carbocycles. The van der Waals surface area contributed by atoms with E-state index in [4.69, 9.17) is 4.74 Å². The Morgan fingerprint density at radius 1 is 1.38 bits per heavy atom. The number of carbonyl (C=O) groups excluding carboxylic acids is 1. The molecule has 0 aromatic heterocycles. The summed E-state index contributed by atoms with van der Waals surface area (Å²) in [6, 6.07) is 0. The monoisotopic (exact) mass is 184 g/mol. The molecule has 1 unspecified atom stereocenters. The molecule has 1 fully saturated rings. The summed E-state index contributed by atoms with van der Waals surface area (Å²) in [5.74, 6) is 0.875. The second-order valence-electron chi connectivity index (χ2n) is 4.08. The van der Waals surface area contributed by atoms with Crippen molar-refractivity contribution in [1.82, 2.24) is 0 Å². The van der Waals surface area contributed by atoms with Crippen molar-refractivity contribution in [2.75, 3.05) is 7.11 Å². The molecule has 13 heavy (non-hydrogen) atoms. The third-order valence-corrected chi connectivity index (χ3v) is 2.97. The van der Waals surface area contributed by atoms with Crippen LogP contribution in [0, 0.1) is 5.92 Å². The van der Waals surface area contributed by atoms with Crippen molar-refractivity contribution < 1.29 is 9.53 Å². The average molecular weight is 184 g/mol. The molecule has 1 aliphatic rings. The van der Waals surface area contributed by atoms with Crippen molar-refractivity contribution in [1.29, 1.82) is 0 Å². The van der Waals surface area contributed by atoms with E-state index < -0.39 is 0 Å². The Hall–Kier alpha value is -0.370. The summed E-state index contributed by atoms with van der Waals surface area (Å²) in [6.45, 7) is 1.65. The maximum absolute atomic E-state index is 11.0. The van der Waals surface area contributed by atoms with Gasteiger partial charge in [0.25, 0.3) is 0 Å². The van der Waals surface area contributed by atoms with Crippen molar-refractivity contribution in [3.8, 4) is 0 Å². The lowest BCUT2D eigenvalue weighted by Gasteiger charge is -2.28. The van der Waals surface area contributed by atoms with Crippen LogP contribution < -0.4 is 0 Å². The van der Waals surface area contributed by atoms with Crippen LogP contribution in [-0.4, -0.2) is 19.0 Å². The Morgan fingerprint density at radius 3 is 2.46 bits per heavy atom. The van der Waals surface area contributed by atoms with Crippen LogP contribution in [0.4, 0.5) is 0 Å². The zero-order valence-electron chi connectivity index (χ0n) is 8.71. The lowest BCUT2D eigenvalue weighted by Crippen LogP contribution is -2.27. The Labute approximate surface area is 80.7 Å². The first kappa shape index (κ1) is 10.7. The molecule has 0 radical (unpaired) electrons. The quantitative estimate of drug-likeness (QED) is 0.671. The van der Waals surface area contributed by atoms with E-state index in [2.05, 4.69) is 0 Å². The van der Waals surface area contributed by atoms with Crippen LogP contribution in [0.5, 0.6) is 0 Å². The van der Waals surface area contributed by atoms with E-state index in [-0.39, 0.29) is 11.9 Å². The van der Waals surface area contributed by atoms with Gasteiger partial charge in [-0.1, -0.05) is 19.3 Å². The van der Waals surface area contributed by atoms with E-state index in [1.54, 1.807) is 14.0 Å². The van der Waals surface area contributed by atoms with Gasteiger partial charge in [-0.3, -0.25) is 4.79 Å². The smallest absolute Gasteiger partial charge is 0.132 e. The largest absolute Gasteiger partial charge is 0.381 e. The summed E-state index contributed by atoms with van der Waals surface area (Å²) in [5.41, 5.74) is 0. The predicted octanol–water partition coefficient (Wildman–Crippen LogP) is 2.56. The van der Waals surface area contributed by atoms with Crippen LogP contribution in [-0.2, 0) is 9.53 Å². The van der Waals surface area contributed by atoms with Crippen LogP contribution in [0.2, 0.25) is 0 Å². The van der Waals surface area contributed by atoms with Gasteiger partial charge in [0.2, 0.25) is 0 Å². The van der Waals surface area contributed by atoms with E-state index in [0.29, 0.717) is 12.3 Å². The van der Waals surface area contributed by atoms with Gasteiger partial charge in [-0.05, 0) is 25.7 Å². The van der Waals surface area contributed by atoms with Gasteiger partial charge in [-0.25, -0.2) is 0 Å². The Kier molecular flexibility index (Phi) is 4.43. The molecule has 1 atom stereocenters. The topological polar surface area (TPSA) is 26.3 Å². The molecule has 1 saturated carbocycles. The zero-order chi connectivity index (χ0) is 9.68. The molecule has 0 N–H and O–H groups in total. The summed E-state index contributed by atoms with van der Waals surface area (Å²) < 4.78 is 5.38. The van der Waals surface area contributed by atoms with Gasteiger partial charge in [0.05, 0.1) is 6.10 Å². The van der Waals surface area contributed by atoms with Crippen molar-refractivity contribution in [3.63, 3.8) is 0 Å². The molecule has 0 aromatic rings. The van der Waals surface area contributed by atoms with E-state index in [1.807, 2.05) is 0 Å². The number of ketones is 1.